The lowest BCUT2D eigenvalue weighted by Gasteiger charge is -2.24. The van der Waals surface area contributed by atoms with Crippen molar-refractivity contribution in [1.82, 2.24) is 4.57 Å². The number of allylic oxidation sites excluding steroid dienone is 1. The molecule has 1 aliphatic heterocycles. The first kappa shape index (κ1) is 21.3. The maximum atomic E-state index is 13.4. The molecule has 0 fully saturated rings. The molecule has 0 radical (unpaired) electrons. The highest BCUT2D eigenvalue weighted by Crippen LogP contribution is 2.31. The minimum atomic E-state index is -0.640. The minimum absolute atomic E-state index is 0.210. The molecular weight excluding hydrogens is 480 g/mol. The molecule has 0 saturated heterocycles. The molecule has 3 aromatic rings. The standard InChI is InChI=1S/C23H19BrN2O4S/c1-13-19(22(28)30-3)20(15-7-9-17(29-2)10-8-15)26-21(27)18(31-23(26)25-13)12-14-5-4-6-16(24)11-14/h4-12,20H,1-3H3/b18-12+/t20-/m0/s1. The number of esters is 1. The lowest BCUT2D eigenvalue weighted by molar-refractivity contribution is -0.136. The number of benzene rings is 2. The van der Waals surface area contributed by atoms with Crippen LogP contribution in [-0.2, 0) is 9.53 Å². The average Bonchev–Trinajstić information content (AvgIpc) is 3.07. The van der Waals surface area contributed by atoms with Crippen LogP contribution in [0, 0.1) is 0 Å². The number of halogens is 1. The van der Waals surface area contributed by atoms with Gasteiger partial charge in [-0.15, -0.1) is 0 Å². The SMILES string of the molecule is COC(=O)C1=C(C)N=c2s/c(=C/c3cccc(Br)c3)c(=O)n2[C@H]1c1ccc(OC)cc1. The van der Waals surface area contributed by atoms with Crippen LogP contribution in [0.2, 0.25) is 0 Å². The van der Waals surface area contributed by atoms with Crippen molar-refractivity contribution in [1.29, 1.82) is 0 Å². The summed E-state index contributed by atoms with van der Waals surface area (Å²) in [5.41, 5.74) is 2.32. The van der Waals surface area contributed by atoms with Crippen molar-refractivity contribution >= 4 is 39.3 Å². The van der Waals surface area contributed by atoms with Crippen LogP contribution in [-0.4, -0.2) is 24.8 Å². The Hall–Kier alpha value is -2.97. The highest BCUT2D eigenvalue weighted by atomic mass is 79.9. The zero-order chi connectivity index (χ0) is 22.1. The number of fused-ring (bicyclic) bond motifs is 1. The Kier molecular flexibility index (Phi) is 5.93. The fourth-order valence-corrected chi connectivity index (χ4v) is 5.01. The van der Waals surface area contributed by atoms with E-state index >= 15 is 0 Å². The molecule has 0 saturated carbocycles. The average molecular weight is 499 g/mol. The van der Waals surface area contributed by atoms with Crippen LogP contribution in [0.3, 0.4) is 0 Å². The van der Waals surface area contributed by atoms with Crippen molar-refractivity contribution in [3.05, 3.63) is 95.1 Å². The largest absolute Gasteiger partial charge is 0.497 e. The van der Waals surface area contributed by atoms with Crippen molar-refractivity contribution in [3.8, 4) is 5.75 Å². The van der Waals surface area contributed by atoms with Gasteiger partial charge in [0.1, 0.15) is 5.75 Å². The van der Waals surface area contributed by atoms with E-state index in [0.29, 0.717) is 26.4 Å². The van der Waals surface area contributed by atoms with Crippen molar-refractivity contribution in [2.24, 2.45) is 4.99 Å². The number of hydrogen-bond acceptors (Lipinski definition) is 6. The van der Waals surface area contributed by atoms with E-state index < -0.39 is 12.0 Å². The van der Waals surface area contributed by atoms with Gasteiger partial charge in [0.2, 0.25) is 0 Å². The van der Waals surface area contributed by atoms with Gasteiger partial charge in [-0.1, -0.05) is 51.5 Å². The molecule has 0 unspecified atom stereocenters. The van der Waals surface area contributed by atoms with Crippen molar-refractivity contribution in [3.63, 3.8) is 0 Å². The molecule has 1 aromatic heterocycles. The zero-order valence-electron chi connectivity index (χ0n) is 17.1. The smallest absolute Gasteiger partial charge is 0.338 e. The van der Waals surface area contributed by atoms with Gasteiger partial charge in [-0.05, 0) is 48.4 Å². The highest BCUT2D eigenvalue weighted by Gasteiger charge is 2.33. The summed E-state index contributed by atoms with van der Waals surface area (Å²) in [4.78, 5) is 31.2. The highest BCUT2D eigenvalue weighted by molar-refractivity contribution is 9.10. The second kappa shape index (κ2) is 8.64. The molecule has 158 valence electrons. The Morgan fingerprint density at radius 2 is 1.94 bits per heavy atom. The zero-order valence-corrected chi connectivity index (χ0v) is 19.5. The third kappa shape index (κ3) is 4.00. The molecule has 6 nitrogen and oxygen atoms in total. The molecule has 1 atom stereocenters. The van der Waals surface area contributed by atoms with Gasteiger partial charge in [0.15, 0.2) is 4.80 Å². The van der Waals surface area contributed by atoms with Gasteiger partial charge < -0.3 is 9.47 Å². The second-order valence-corrected chi connectivity index (χ2v) is 8.83. The molecule has 0 bridgehead atoms. The van der Waals surface area contributed by atoms with Crippen molar-refractivity contribution in [2.45, 2.75) is 13.0 Å². The lowest BCUT2D eigenvalue weighted by Crippen LogP contribution is -2.39. The van der Waals surface area contributed by atoms with Crippen LogP contribution in [0.4, 0.5) is 0 Å². The number of rotatable bonds is 4. The van der Waals surface area contributed by atoms with Crippen molar-refractivity contribution in [2.75, 3.05) is 14.2 Å². The summed E-state index contributed by atoms with van der Waals surface area (Å²) >= 11 is 4.75. The van der Waals surface area contributed by atoms with Crippen LogP contribution in [0.5, 0.6) is 5.75 Å². The van der Waals surface area contributed by atoms with E-state index in [1.54, 1.807) is 30.7 Å². The van der Waals surface area contributed by atoms with Crippen molar-refractivity contribution < 1.29 is 14.3 Å². The molecule has 4 rings (SSSR count). The summed E-state index contributed by atoms with van der Waals surface area (Å²) in [7, 11) is 2.91. The predicted octanol–water partition coefficient (Wildman–Crippen LogP) is 3.18. The van der Waals surface area contributed by atoms with Crippen LogP contribution in [0.25, 0.3) is 6.08 Å². The predicted molar refractivity (Wildman–Crippen MR) is 123 cm³/mol. The summed E-state index contributed by atoms with van der Waals surface area (Å²) in [6.07, 6.45) is 1.83. The first-order valence-corrected chi connectivity index (χ1v) is 11.0. The maximum absolute atomic E-state index is 13.4. The van der Waals surface area contributed by atoms with Gasteiger partial charge in [0, 0.05) is 4.47 Å². The monoisotopic (exact) mass is 498 g/mol. The molecule has 2 heterocycles. The Bertz CT molecular complexity index is 1370. The summed E-state index contributed by atoms with van der Waals surface area (Å²) in [6, 6.07) is 14.3. The van der Waals surface area contributed by atoms with Crippen LogP contribution < -0.4 is 19.6 Å². The first-order valence-electron chi connectivity index (χ1n) is 9.43. The fraction of sp³-hybridized carbons (Fsp3) is 0.174. The topological polar surface area (TPSA) is 69.9 Å². The third-order valence-electron chi connectivity index (χ3n) is 5.00. The van der Waals surface area contributed by atoms with Crippen LogP contribution >= 0.6 is 27.3 Å². The molecule has 1 aliphatic rings. The van der Waals surface area contributed by atoms with E-state index in [9.17, 15) is 9.59 Å². The van der Waals surface area contributed by atoms with Gasteiger partial charge in [-0.3, -0.25) is 9.36 Å². The molecule has 31 heavy (non-hydrogen) atoms. The molecule has 0 amide bonds. The summed E-state index contributed by atoms with van der Waals surface area (Å²) in [6.45, 7) is 1.76. The Morgan fingerprint density at radius 3 is 2.58 bits per heavy atom. The number of hydrogen-bond donors (Lipinski definition) is 0. The summed E-state index contributed by atoms with van der Waals surface area (Å²) in [5, 5.41) is 0. The van der Waals surface area contributed by atoms with Gasteiger partial charge >= 0.3 is 5.97 Å². The summed E-state index contributed by atoms with van der Waals surface area (Å²) in [5.74, 6) is 0.175. The number of carbonyl (C=O) groups excluding carboxylic acids is 1. The van der Waals surface area contributed by atoms with Crippen LogP contribution in [0.15, 0.2) is 74.1 Å². The molecule has 0 spiro atoms. The number of ether oxygens (including phenoxy) is 2. The quantitative estimate of drug-likeness (QED) is 0.518. The summed E-state index contributed by atoms with van der Waals surface area (Å²) < 4.78 is 13.3. The number of methoxy groups -OCH3 is 2. The van der Waals surface area contributed by atoms with E-state index in [-0.39, 0.29) is 5.56 Å². The van der Waals surface area contributed by atoms with E-state index in [4.69, 9.17) is 9.47 Å². The molecule has 2 aromatic carbocycles. The third-order valence-corrected chi connectivity index (χ3v) is 6.48. The van der Waals surface area contributed by atoms with E-state index in [0.717, 1.165) is 15.6 Å². The number of carbonyl (C=O) groups is 1. The second-order valence-electron chi connectivity index (χ2n) is 6.90. The van der Waals surface area contributed by atoms with E-state index in [1.165, 1.54) is 18.4 Å². The van der Waals surface area contributed by atoms with Crippen LogP contribution in [0.1, 0.15) is 24.1 Å². The van der Waals surface area contributed by atoms with E-state index in [2.05, 4.69) is 20.9 Å². The van der Waals surface area contributed by atoms with Gasteiger partial charge in [0.25, 0.3) is 5.56 Å². The number of aromatic nitrogens is 1. The molecule has 0 N–H and O–H groups in total. The number of nitrogens with zero attached hydrogens (tertiary/aromatic N) is 2. The molecule has 8 heteroatoms. The van der Waals surface area contributed by atoms with Gasteiger partial charge in [0.05, 0.1) is 36.1 Å². The van der Waals surface area contributed by atoms with Gasteiger partial charge in [-0.25, -0.2) is 9.79 Å². The maximum Gasteiger partial charge on any atom is 0.338 e. The Balaban J connectivity index is 1.96. The first-order chi connectivity index (χ1) is 14.9. The normalized spacial score (nSPS) is 16.0. The minimum Gasteiger partial charge on any atom is -0.497 e. The van der Waals surface area contributed by atoms with Gasteiger partial charge in [-0.2, -0.15) is 0 Å². The Labute approximate surface area is 190 Å². The molecular formula is C23H19BrN2O4S. The Morgan fingerprint density at radius 1 is 1.19 bits per heavy atom. The van der Waals surface area contributed by atoms with E-state index in [1.807, 2.05) is 42.5 Å². The number of thiazole rings is 1. The molecule has 0 aliphatic carbocycles. The lowest BCUT2D eigenvalue weighted by atomic mass is 9.96. The fourth-order valence-electron chi connectivity index (χ4n) is 3.54.